The van der Waals surface area contributed by atoms with E-state index in [1.165, 1.54) is 32.0 Å². The second-order valence-corrected chi connectivity index (χ2v) is 12.3. The monoisotopic (exact) mass is 633 g/mol. The van der Waals surface area contributed by atoms with Crippen LogP contribution < -0.4 is 20.4 Å². The molecule has 45 heavy (non-hydrogen) atoms. The number of benzene rings is 2. The van der Waals surface area contributed by atoms with Gasteiger partial charge < -0.3 is 20.4 Å². The zero-order valence-corrected chi connectivity index (χ0v) is 26.1. The minimum Gasteiger partial charge on any atom is -0.354 e. The standard InChI is InChI=1S/C31H36F5N7O2/c1-17(2)42(27(44)31(34,35)36)19-12-11-18(3)20(13-19)24-21-14-37-29(45)43(25-22(32)9-8-10-23(25)33)26(21)40-28(39-24)38-15-30(4,5)16-41(6)7/h8-13,17H,14-16H2,1-7H3,(H,37,45)(H,38,39,40). The molecule has 0 bridgehead atoms. The second-order valence-electron chi connectivity index (χ2n) is 12.3. The number of nitrogens with zero attached hydrogens (tertiary/aromatic N) is 5. The number of anilines is 4. The summed E-state index contributed by atoms with van der Waals surface area (Å²) in [5, 5.41) is 5.77. The normalized spacial score (nSPS) is 13.6. The van der Waals surface area contributed by atoms with Gasteiger partial charge in [0.2, 0.25) is 5.95 Å². The molecule has 1 aliphatic heterocycles. The molecule has 2 heterocycles. The van der Waals surface area contributed by atoms with Crippen molar-refractivity contribution in [3.63, 3.8) is 0 Å². The van der Waals surface area contributed by atoms with Gasteiger partial charge in [0.1, 0.15) is 17.3 Å². The molecular weight excluding hydrogens is 597 g/mol. The maximum absolute atomic E-state index is 15.1. The first-order chi connectivity index (χ1) is 20.9. The highest BCUT2D eigenvalue weighted by Gasteiger charge is 2.44. The van der Waals surface area contributed by atoms with Gasteiger partial charge in [-0.3, -0.25) is 4.79 Å². The van der Waals surface area contributed by atoms with E-state index in [1.807, 2.05) is 32.8 Å². The molecule has 0 spiro atoms. The van der Waals surface area contributed by atoms with E-state index >= 15 is 8.78 Å². The fourth-order valence-electron chi connectivity index (χ4n) is 5.40. The predicted molar refractivity (Wildman–Crippen MR) is 162 cm³/mol. The Labute approximate surface area is 258 Å². The molecule has 1 aromatic heterocycles. The number of aromatic nitrogens is 2. The second kappa shape index (κ2) is 12.6. The van der Waals surface area contributed by atoms with E-state index in [0.717, 1.165) is 17.0 Å². The van der Waals surface area contributed by atoms with E-state index in [1.54, 1.807) is 13.0 Å². The van der Waals surface area contributed by atoms with Gasteiger partial charge in [0.05, 0.1) is 12.2 Å². The average molecular weight is 634 g/mol. The number of fused-ring (bicyclic) bond motifs is 1. The fourth-order valence-corrected chi connectivity index (χ4v) is 5.40. The van der Waals surface area contributed by atoms with Crippen LogP contribution in [0.3, 0.4) is 0 Å². The Morgan fingerprint density at radius 1 is 1.09 bits per heavy atom. The smallest absolute Gasteiger partial charge is 0.354 e. The van der Waals surface area contributed by atoms with Crippen molar-refractivity contribution < 1.29 is 31.5 Å². The highest BCUT2D eigenvalue weighted by molar-refractivity contribution is 6.02. The van der Waals surface area contributed by atoms with E-state index in [4.69, 9.17) is 4.98 Å². The van der Waals surface area contributed by atoms with Gasteiger partial charge in [0.15, 0.2) is 5.82 Å². The average Bonchev–Trinajstić information content (AvgIpc) is 2.92. The molecule has 0 unspecified atom stereocenters. The van der Waals surface area contributed by atoms with Crippen LogP contribution in [0.15, 0.2) is 36.4 Å². The third kappa shape index (κ3) is 7.16. The topological polar surface area (TPSA) is 93.7 Å². The number of nitrogens with one attached hydrogen (secondary N) is 2. The Bertz CT molecular complexity index is 1590. The van der Waals surface area contributed by atoms with Crippen LogP contribution in [0.4, 0.5) is 49.9 Å². The molecule has 0 radical (unpaired) electrons. The summed E-state index contributed by atoms with van der Waals surface area (Å²) in [6, 6.07) is 5.88. The summed E-state index contributed by atoms with van der Waals surface area (Å²) < 4.78 is 70.8. The quantitative estimate of drug-likeness (QED) is 0.265. The number of urea groups is 1. The van der Waals surface area contributed by atoms with Crippen molar-refractivity contribution in [2.45, 2.75) is 53.4 Å². The Kier molecular flexibility index (Phi) is 9.38. The molecule has 0 atom stereocenters. The number of amides is 3. The zero-order chi connectivity index (χ0) is 33.4. The van der Waals surface area contributed by atoms with E-state index in [0.29, 0.717) is 29.1 Å². The molecule has 0 saturated carbocycles. The molecule has 0 aliphatic carbocycles. The van der Waals surface area contributed by atoms with E-state index in [2.05, 4.69) is 15.6 Å². The summed E-state index contributed by atoms with van der Waals surface area (Å²) in [5.41, 5.74) is 0.439. The maximum atomic E-state index is 15.1. The van der Waals surface area contributed by atoms with Crippen molar-refractivity contribution in [1.29, 1.82) is 0 Å². The third-order valence-electron chi connectivity index (χ3n) is 7.18. The lowest BCUT2D eigenvalue weighted by atomic mass is 9.93. The number of aryl methyl sites for hydroxylation is 1. The summed E-state index contributed by atoms with van der Waals surface area (Å²) in [6.45, 7) is 9.58. The van der Waals surface area contributed by atoms with E-state index in [9.17, 15) is 22.8 Å². The van der Waals surface area contributed by atoms with Crippen LogP contribution in [0.25, 0.3) is 11.3 Å². The summed E-state index contributed by atoms with van der Waals surface area (Å²) in [6.07, 6.45) is -5.12. The summed E-state index contributed by atoms with van der Waals surface area (Å²) in [4.78, 5) is 38.3. The van der Waals surface area contributed by atoms with Crippen LogP contribution in [-0.4, -0.2) is 66.2 Å². The lowest BCUT2D eigenvalue weighted by molar-refractivity contribution is -0.170. The highest BCUT2D eigenvalue weighted by Crippen LogP contribution is 2.40. The Morgan fingerprint density at radius 2 is 1.73 bits per heavy atom. The molecule has 14 heteroatoms. The lowest BCUT2D eigenvalue weighted by Gasteiger charge is -2.32. The van der Waals surface area contributed by atoms with Gasteiger partial charge in [-0.2, -0.15) is 18.2 Å². The van der Waals surface area contributed by atoms with Crippen LogP contribution in [-0.2, 0) is 11.3 Å². The van der Waals surface area contributed by atoms with Gasteiger partial charge >= 0.3 is 18.1 Å². The minimum absolute atomic E-state index is 0.0289. The molecule has 3 aromatic rings. The minimum atomic E-state index is -5.12. The first kappa shape index (κ1) is 33.6. The van der Waals surface area contributed by atoms with Gasteiger partial charge in [-0.25, -0.2) is 23.5 Å². The van der Waals surface area contributed by atoms with Crippen molar-refractivity contribution >= 4 is 35.1 Å². The van der Waals surface area contributed by atoms with Gasteiger partial charge in [-0.15, -0.1) is 0 Å². The molecule has 1 aliphatic rings. The number of carbonyl (C=O) groups excluding carboxylic acids is 2. The zero-order valence-electron chi connectivity index (χ0n) is 26.1. The molecule has 242 valence electrons. The van der Waals surface area contributed by atoms with Gasteiger partial charge in [0, 0.05) is 35.9 Å². The molecule has 0 fully saturated rings. The van der Waals surface area contributed by atoms with Crippen LogP contribution in [0.5, 0.6) is 0 Å². The van der Waals surface area contributed by atoms with Crippen molar-refractivity contribution in [1.82, 2.24) is 20.2 Å². The van der Waals surface area contributed by atoms with Crippen molar-refractivity contribution in [3.8, 4) is 11.3 Å². The van der Waals surface area contributed by atoms with Crippen LogP contribution >= 0.6 is 0 Å². The van der Waals surface area contributed by atoms with Crippen LogP contribution in [0.2, 0.25) is 0 Å². The number of halogens is 5. The maximum Gasteiger partial charge on any atom is 0.471 e. The first-order valence-corrected chi connectivity index (χ1v) is 14.2. The SMILES string of the molecule is Cc1ccc(N(C(=O)C(F)(F)F)C(C)C)cc1-c1nc(NCC(C)(C)CN(C)C)nc2c1CNC(=O)N2c1c(F)cccc1F. The van der Waals surface area contributed by atoms with Crippen molar-refractivity contribution in [3.05, 3.63) is 59.2 Å². The van der Waals surface area contributed by atoms with Crippen molar-refractivity contribution in [2.75, 3.05) is 42.3 Å². The molecule has 2 aromatic carbocycles. The summed E-state index contributed by atoms with van der Waals surface area (Å²) >= 11 is 0. The molecule has 0 saturated heterocycles. The number of rotatable bonds is 9. The van der Waals surface area contributed by atoms with Crippen LogP contribution in [0.1, 0.15) is 38.8 Å². The number of hydrogen-bond donors (Lipinski definition) is 2. The molecular formula is C31H36F5N7O2. The third-order valence-corrected chi connectivity index (χ3v) is 7.18. The number of hydrogen-bond acceptors (Lipinski definition) is 6. The Balaban J connectivity index is 1.96. The number of para-hydroxylation sites is 1. The molecule has 4 rings (SSSR count). The van der Waals surface area contributed by atoms with Gasteiger partial charge in [-0.1, -0.05) is 26.0 Å². The first-order valence-electron chi connectivity index (χ1n) is 14.2. The number of alkyl halides is 3. The highest BCUT2D eigenvalue weighted by atomic mass is 19.4. The lowest BCUT2D eigenvalue weighted by Crippen LogP contribution is -2.45. The molecule has 9 nitrogen and oxygen atoms in total. The van der Waals surface area contributed by atoms with E-state index in [-0.39, 0.29) is 40.7 Å². The number of carbonyl (C=O) groups is 2. The Hall–Kier alpha value is -4.33. The predicted octanol–water partition coefficient (Wildman–Crippen LogP) is 6.39. The van der Waals surface area contributed by atoms with E-state index < -0.39 is 41.5 Å². The fraction of sp³-hybridized carbons (Fsp3) is 0.419. The summed E-state index contributed by atoms with van der Waals surface area (Å²) in [7, 11) is 3.85. The molecule has 2 N–H and O–H groups in total. The summed E-state index contributed by atoms with van der Waals surface area (Å²) in [5.74, 6) is -4.11. The van der Waals surface area contributed by atoms with Crippen molar-refractivity contribution in [2.24, 2.45) is 5.41 Å². The Morgan fingerprint density at radius 3 is 2.31 bits per heavy atom. The largest absolute Gasteiger partial charge is 0.471 e. The van der Waals surface area contributed by atoms with Crippen LogP contribution in [0, 0.1) is 24.0 Å². The molecule has 3 amide bonds. The van der Waals surface area contributed by atoms with Gasteiger partial charge in [0.25, 0.3) is 0 Å². The van der Waals surface area contributed by atoms with Gasteiger partial charge in [-0.05, 0) is 70.1 Å².